The first-order valence-electron chi connectivity index (χ1n) is 9.53. The molecule has 2 rings (SSSR count). The summed E-state index contributed by atoms with van der Waals surface area (Å²) in [5.74, 6) is 1.31. The molecule has 5 heteroatoms. The number of aromatic nitrogens is 2. The van der Waals surface area contributed by atoms with Gasteiger partial charge >= 0.3 is 0 Å². The van der Waals surface area contributed by atoms with E-state index >= 15 is 0 Å². The highest BCUT2D eigenvalue weighted by Crippen LogP contribution is 2.30. The minimum absolute atomic E-state index is 0.429. The highest BCUT2D eigenvalue weighted by molar-refractivity contribution is 5.65. The summed E-state index contributed by atoms with van der Waals surface area (Å²) in [6, 6.07) is 6.44. The monoisotopic (exact) mass is 359 g/mol. The van der Waals surface area contributed by atoms with Crippen LogP contribution in [0.4, 0.5) is 0 Å². The summed E-state index contributed by atoms with van der Waals surface area (Å²) in [7, 11) is 3.85. The van der Waals surface area contributed by atoms with Crippen LogP contribution in [0.25, 0.3) is 11.3 Å². The third-order valence-electron chi connectivity index (χ3n) is 4.49. The number of unbranched alkanes of at least 4 members (excludes halogenated alkanes) is 1. The van der Waals surface area contributed by atoms with Gasteiger partial charge < -0.3 is 14.4 Å². The number of nitrogens with one attached hydrogen (secondary N) is 1. The maximum atomic E-state index is 5.88. The topological polar surface area (TPSA) is 50.4 Å². The normalized spacial score (nSPS) is 11.5. The molecule has 0 aliphatic rings. The van der Waals surface area contributed by atoms with Crippen molar-refractivity contribution in [3.8, 4) is 17.0 Å². The van der Waals surface area contributed by atoms with Crippen LogP contribution in [0, 0.1) is 0 Å². The Morgan fingerprint density at radius 1 is 1.19 bits per heavy atom. The summed E-state index contributed by atoms with van der Waals surface area (Å²) in [6.45, 7) is 9.73. The van der Waals surface area contributed by atoms with Crippen molar-refractivity contribution in [2.24, 2.45) is 0 Å². The van der Waals surface area contributed by atoms with Gasteiger partial charge in [-0.25, -0.2) is 0 Å². The Morgan fingerprint density at radius 2 is 2.00 bits per heavy atom. The molecule has 1 aromatic carbocycles. The average Bonchev–Trinajstić information content (AvgIpc) is 3.08. The molecule has 0 atom stereocenters. The number of benzene rings is 1. The van der Waals surface area contributed by atoms with Crippen molar-refractivity contribution < 1.29 is 9.47 Å². The molecular formula is C21H33N3O2. The van der Waals surface area contributed by atoms with Crippen molar-refractivity contribution in [3.05, 3.63) is 35.5 Å². The molecule has 1 aromatic heterocycles. The maximum Gasteiger partial charge on any atom is 0.120 e. The van der Waals surface area contributed by atoms with E-state index in [9.17, 15) is 0 Å². The Bertz CT molecular complexity index is 667. The number of nitrogens with zero attached hydrogens (tertiary/aromatic N) is 2. The van der Waals surface area contributed by atoms with Crippen molar-refractivity contribution in [2.75, 3.05) is 33.9 Å². The fourth-order valence-corrected chi connectivity index (χ4v) is 2.90. The minimum atomic E-state index is 0.429. The Hall–Kier alpha value is -1.85. The molecule has 0 radical (unpaired) electrons. The molecule has 0 unspecified atom stereocenters. The molecule has 0 fully saturated rings. The van der Waals surface area contributed by atoms with Gasteiger partial charge in [-0.2, -0.15) is 5.10 Å². The molecule has 0 aliphatic carbocycles. The van der Waals surface area contributed by atoms with Crippen molar-refractivity contribution in [1.29, 1.82) is 0 Å². The summed E-state index contributed by atoms with van der Waals surface area (Å²) >= 11 is 0. The van der Waals surface area contributed by atoms with Gasteiger partial charge in [0.15, 0.2) is 0 Å². The Balaban J connectivity index is 2.25. The van der Waals surface area contributed by atoms with Gasteiger partial charge in [0.05, 0.1) is 18.5 Å². The molecule has 0 spiro atoms. The van der Waals surface area contributed by atoms with E-state index in [0.29, 0.717) is 19.1 Å². The summed E-state index contributed by atoms with van der Waals surface area (Å²) in [5.41, 5.74) is 4.68. The Morgan fingerprint density at radius 3 is 2.69 bits per heavy atom. The lowest BCUT2D eigenvalue weighted by atomic mass is 9.98. The highest BCUT2D eigenvalue weighted by Gasteiger charge is 2.13. The lowest BCUT2D eigenvalue weighted by Crippen LogP contribution is -2.19. The summed E-state index contributed by atoms with van der Waals surface area (Å²) < 4.78 is 11.0. The van der Waals surface area contributed by atoms with Gasteiger partial charge in [0.25, 0.3) is 0 Å². The number of hydrogen-bond donors (Lipinski definition) is 1. The predicted molar refractivity (Wildman–Crippen MR) is 107 cm³/mol. The van der Waals surface area contributed by atoms with E-state index in [0.717, 1.165) is 30.1 Å². The quantitative estimate of drug-likeness (QED) is 0.602. The van der Waals surface area contributed by atoms with Crippen LogP contribution in [0.5, 0.6) is 5.75 Å². The van der Waals surface area contributed by atoms with Crippen molar-refractivity contribution in [1.82, 2.24) is 15.1 Å². The smallest absolute Gasteiger partial charge is 0.120 e. The zero-order valence-electron chi connectivity index (χ0n) is 16.8. The molecule has 1 heterocycles. The lowest BCUT2D eigenvalue weighted by molar-refractivity contribution is 0.146. The van der Waals surface area contributed by atoms with E-state index < -0.39 is 0 Å². The summed E-state index contributed by atoms with van der Waals surface area (Å²) in [4.78, 5) is 2.35. The van der Waals surface area contributed by atoms with Crippen LogP contribution in [0.2, 0.25) is 0 Å². The average molecular weight is 360 g/mol. The van der Waals surface area contributed by atoms with E-state index in [2.05, 4.69) is 61.1 Å². The molecule has 0 aliphatic heterocycles. The van der Waals surface area contributed by atoms with Gasteiger partial charge in [-0.05, 0) is 49.7 Å². The third kappa shape index (κ3) is 5.85. The molecule has 2 aromatic rings. The molecule has 0 saturated carbocycles. The van der Waals surface area contributed by atoms with Crippen molar-refractivity contribution in [2.45, 2.75) is 46.1 Å². The SMILES string of the molecule is CCCCN(C)Cc1cn[nH]c1-c1cc(OCCOC)cc(C(C)C)c1. The fraction of sp³-hybridized carbons (Fsp3) is 0.571. The Kier molecular flexibility index (Phi) is 8.13. The van der Waals surface area contributed by atoms with Gasteiger partial charge in [-0.1, -0.05) is 27.2 Å². The molecule has 26 heavy (non-hydrogen) atoms. The van der Waals surface area contributed by atoms with Crippen LogP contribution in [0.15, 0.2) is 24.4 Å². The Labute approximate surface area is 157 Å². The van der Waals surface area contributed by atoms with Crippen LogP contribution in [-0.4, -0.2) is 49.0 Å². The minimum Gasteiger partial charge on any atom is -0.491 e. The standard InChI is InChI=1S/C21H33N3O2/c1-6-7-8-24(4)15-19-14-22-23-21(19)18-11-17(16(2)3)12-20(13-18)26-10-9-25-5/h11-14,16H,6-10,15H2,1-5H3,(H,22,23). The number of ether oxygens (including phenoxy) is 2. The van der Waals surface area contributed by atoms with Gasteiger partial charge in [0.1, 0.15) is 12.4 Å². The summed E-state index contributed by atoms with van der Waals surface area (Å²) in [5, 5.41) is 7.49. The zero-order chi connectivity index (χ0) is 18.9. The second-order valence-electron chi connectivity index (χ2n) is 7.15. The number of hydrogen-bond acceptors (Lipinski definition) is 4. The molecule has 1 N–H and O–H groups in total. The van der Waals surface area contributed by atoms with E-state index in [1.807, 2.05) is 6.20 Å². The van der Waals surface area contributed by atoms with Crippen molar-refractivity contribution in [3.63, 3.8) is 0 Å². The van der Waals surface area contributed by atoms with Gasteiger partial charge in [0, 0.05) is 24.8 Å². The van der Waals surface area contributed by atoms with E-state index in [1.54, 1.807) is 7.11 Å². The first-order valence-corrected chi connectivity index (χ1v) is 9.53. The fourth-order valence-electron chi connectivity index (χ4n) is 2.90. The van der Waals surface area contributed by atoms with Crippen LogP contribution < -0.4 is 4.74 Å². The maximum absolute atomic E-state index is 5.88. The number of methoxy groups -OCH3 is 1. The van der Waals surface area contributed by atoms with Gasteiger partial charge in [-0.3, -0.25) is 5.10 Å². The molecule has 5 nitrogen and oxygen atoms in total. The predicted octanol–water partition coefficient (Wildman–Crippen LogP) is 4.46. The second-order valence-corrected chi connectivity index (χ2v) is 7.15. The second kappa shape index (κ2) is 10.3. The van der Waals surface area contributed by atoms with Gasteiger partial charge in [0.2, 0.25) is 0 Å². The van der Waals surface area contributed by atoms with E-state index in [1.165, 1.54) is 24.0 Å². The molecule has 144 valence electrons. The van der Waals surface area contributed by atoms with Crippen LogP contribution in [0.1, 0.15) is 50.7 Å². The highest BCUT2D eigenvalue weighted by atomic mass is 16.5. The van der Waals surface area contributed by atoms with Crippen molar-refractivity contribution >= 4 is 0 Å². The number of H-pyrrole nitrogens is 1. The lowest BCUT2D eigenvalue weighted by Gasteiger charge is -2.17. The van der Waals surface area contributed by atoms with E-state index in [4.69, 9.17) is 9.47 Å². The molecular weight excluding hydrogens is 326 g/mol. The largest absolute Gasteiger partial charge is 0.491 e. The molecule has 0 amide bonds. The van der Waals surface area contributed by atoms with E-state index in [-0.39, 0.29) is 0 Å². The van der Waals surface area contributed by atoms with Crippen LogP contribution in [0.3, 0.4) is 0 Å². The zero-order valence-corrected chi connectivity index (χ0v) is 16.8. The van der Waals surface area contributed by atoms with Gasteiger partial charge in [-0.15, -0.1) is 0 Å². The summed E-state index contributed by atoms with van der Waals surface area (Å²) in [6.07, 6.45) is 4.36. The first-order chi connectivity index (χ1) is 12.5. The number of aromatic amines is 1. The molecule has 0 bridgehead atoms. The van der Waals surface area contributed by atoms with Crippen LogP contribution >= 0.6 is 0 Å². The number of rotatable bonds is 11. The molecule has 0 saturated heterocycles. The first kappa shape index (κ1) is 20.5. The van der Waals surface area contributed by atoms with Crippen LogP contribution in [-0.2, 0) is 11.3 Å². The third-order valence-corrected chi connectivity index (χ3v) is 4.49.